The summed E-state index contributed by atoms with van der Waals surface area (Å²) in [7, 11) is 0. The van der Waals surface area contributed by atoms with E-state index in [9.17, 15) is 10.2 Å². The van der Waals surface area contributed by atoms with Crippen LogP contribution in [0.3, 0.4) is 0 Å². The Morgan fingerprint density at radius 1 is 1.12 bits per heavy atom. The highest BCUT2D eigenvalue weighted by Gasteiger charge is 2.23. The lowest BCUT2D eigenvalue weighted by Gasteiger charge is -2.11. The molecule has 2 aliphatic rings. The number of hydrogen-bond donors (Lipinski definition) is 2. The Balaban J connectivity index is 2.11. The van der Waals surface area contributed by atoms with Crippen LogP contribution in [0.15, 0.2) is 42.0 Å². The van der Waals surface area contributed by atoms with Crippen molar-refractivity contribution in [2.45, 2.75) is 19.8 Å². The third kappa shape index (κ3) is 2.20. The quantitative estimate of drug-likeness (QED) is 0.884. The summed E-state index contributed by atoms with van der Waals surface area (Å²) in [5, 5.41) is 22.8. The summed E-state index contributed by atoms with van der Waals surface area (Å²) < 4.78 is 1.78. The van der Waals surface area contributed by atoms with E-state index in [-0.39, 0.29) is 13.3 Å². The molecule has 1 heterocycles. The number of rotatable bonds is 3. The Kier molecular flexibility index (Phi) is 3.89. The van der Waals surface area contributed by atoms with Gasteiger partial charge in [0.25, 0.3) is 0 Å². The third-order valence-electron chi connectivity index (χ3n) is 4.58. The molecule has 0 fully saturated rings. The minimum Gasteiger partial charge on any atom is -0.390 e. The fourth-order valence-electron chi connectivity index (χ4n) is 3.55. The molecule has 0 radical (unpaired) electrons. The van der Waals surface area contributed by atoms with Gasteiger partial charge in [-0.1, -0.05) is 47.5 Å². The fourth-order valence-corrected chi connectivity index (χ4v) is 3.85. The normalized spacial score (nSPS) is 15.2. The van der Waals surface area contributed by atoms with Gasteiger partial charge in [-0.15, -0.1) is 0 Å². The first-order valence-corrected chi connectivity index (χ1v) is 8.42. The molecule has 0 amide bonds. The van der Waals surface area contributed by atoms with Gasteiger partial charge in [0.15, 0.2) is 0 Å². The number of nitrogens with zero attached hydrogens (tertiary/aromatic N) is 1. The van der Waals surface area contributed by atoms with Gasteiger partial charge >= 0.3 is 0 Å². The summed E-state index contributed by atoms with van der Waals surface area (Å²) in [5.41, 5.74) is 4.76. The molecule has 5 heteroatoms. The van der Waals surface area contributed by atoms with Crippen molar-refractivity contribution in [3.05, 3.63) is 68.3 Å². The molecule has 2 aromatic rings. The van der Waals surface area contributed by atoms with Crippen LogP contribution < -0.4 is 10.6 Å². The number of hydrogen-bond acceptors (Lipinski definition) is 2. The zero-order valence-electron chi connectivity index (χ0n) is 12.8. The maximum absolute atomic E-state index is 9.93. The predicted molar refractivity (Wildman–Crippen MR) is 97.0 cm³/mol. The third-order valence-corrected chi connectivity index (χ3v) is 5.32. The molecular weight excluding hydrogens is 345 g/mol. The van der Waals surface area contributed by atoms with Crippen molar-refractivity contribution < 1.29 is 10.2 Å². The summed E-state index contributed by atoms with van der Waals surface area (Å²) in [5.74, 6) is 0. The highest BCUT2D eigenvalue weighted by molar-refractivity contribution is 6.42. The molecule has 2 N–H and O–H groups in total. The van der Waals surface area contributed by atoms with Crippen LogP contribution in [0.2, 0.25) is 10.0 Å². The van der Waals surface area contributed by atoms with Gasteiger partial charge in [-0.25, -0.2) is 0 Å². The van der Waals surface area contributed by atoms with Crippen LogP contribution in [-0.4, -0.2) is 14.8 Å². The van der Waals surface area contributed by atoms with Crippen molar-refractivity contribution in [1.29, 1.82) is 0 Å². The molecule has 122 valence electrons. The summed E-state index contributed by atoms with van der Waals surface area (Å²) in [6, 6.07) is 5.43. The van der Waals surface area contributed by atoms with E-state index in [0.29, 0.717) is 15.7 Å². The van der Waals surface area contributed by atoms with Gasteiger partial charge in [0.05, 0.1) is 27.7 Å². The number of aliphatic hydroxyl groups is 2. The van der Waals surface area contributed by atoms with Gasteiger partial charge < -0.3 is 14.8 Å². The van der Waals surface area contributed by atoms with E-state index < -0.39 is 0 Å². The van der Waals surface area contributed by atoms with E-state index in [1.807, 2.05) is 12.1 Å². The molecule has 0 aliphatic heterocycles. The Morgan fingerprint density at radius 2 is 1.96 bits per heavy atom. The smallest absolute Gasteiger partial charge is 0.120 e. The van der Waals surface area contributed by atoms with Gasteiger partial charge in [-0.2, -0.15) is 0 Å². The standard InChI is InChI=1S/C19H15Cl2NO2/c20-15-6-5-12(8-16(15)21)18-14-7-11-3-1-2-4-13(11)19(14)22(10-24)17(18)9-23/h1-3,5-8,23-24H,4,9-10H2. The first-order valence-electron chi connectivity index (χ1n) is 7.66. The summed E-state index contributed by atoms with van der Waals surface area (Å²) in [6.07, 6.45) is 9.12. The van der Waals surface area contributed by atoms with Gasteiger partial charge in [0.1, 0.15) is 6.73 Å². The highest BCUT2D eigenvalue weighted by Crippen LogP contribution is 2.31. The van der Waals surface area contributed by atoms with Crippen LogP contribution in [0.1, 0.15) is 12.1 Å². The first-order chi connectivity index (χ1) is 11.7. The molecule has 2 aliphatic carbocycles. The fraction of sp³-hybridized carbons (Fsp3) is 0.158. The lowest BCUT2D eigenvalue weighted by Crippen LogP contribution is -2.29. The number of halogens is 2. The lowest BCUT2D eigenvalue weighted by atomic mass is 10.0. The summed E-state index contributed by atoms with van der Waals surface area (Å²) >= 11 is 12.2. The molecule has 4 rings (SSSR count). The zero-order chi connectivity index (χ0) is 16.8. The van der Waals surface area contributed by atoms with Crippen LogP contribution in [0.25, 0.3) is 22.8 Å². The van der Waals surface area contributed by atoms with Crippen LogP contribution in [0.4, 0.5) is 0 Å². The van der Waals surface area contributed by atoms with Crippen molar-refractivity contribution in [2.24, 2.45) is 0 Å². The van der Waals surface area contributed by atoms with Crippen molar-refractivity contribution >= 4 is 34.9 Å². The van der Waals surface area contributed by atoms with Crippen LogP contribution in [0.5, 0.6) is 0 Å². The first kappa shape index (κ1) is 15.7. The second kappa shape index (κ2) is 5.94. The number of aromatic nitrogens is 1. The molecule has 3 nitrogen and oxygen atoms in total. The number of benzene rings is 1. The summed E-state index contributed by atoms with van der Waals surface area (Å²) in [4.78, 5) is 0. The largest absolute Gasteiger partial charge is 0.390 e. The topological polar surface area (TPSA) is 45.4 Å². The van der Waals surface area contributed by atoms with E-state index in [4.69, 9.17) is 23.2 Å². The average molecular weight is 360 g/mol. The predicted octanol–water partition coefficient (Wildman–Crippen LogP) is 2.74. The minimum absolute atomic E-state index is 0.168. The Hall–Kier alpha value is -1.78. The second-order valence-corrected chi connectivity index (χ2v) is 6.63. The molecular formula is C19H15Cl2NO2. The van der Waals surface area contributed by atoms with Crippen LogP contribution in [0, 0.1) is 0 Å². The highest BCUT2D eigenvalue weighted by atomic mass is 35.5. The maximum atomic E-state index is 9.93. The van der Waals surface area contributed by atoms with E-state index in [0.717, 1.165) is 33.7 Å². The Labute approximate surface area is 149 Å². The monoisotopic (exact) mass is 359 g/mol. The zero-order valence-corrected chi connectivity index (χ0v) is 14.3. The van der Waals surface area contributed by atoms with Gasteiger partial charge in [0.2, 0.25) is 0 Å². The summed E-state index contributed by atoms with van der Waals surface area (Å²) in [6.45, 7) is -0.354. The molecule has 0 saturated carbocycles. The lowest BCUT2D eigenvalue weighted by molar-refractivity contribution is 0.190. The van der Waals surface area contributed by atoms with Crippen molar-refractivity contribution in [3.63, 3.8) is 0 Å². The number of allylic oxidation sites excluding steroid dienone is 4. The van der Waals surface area contributed by atoms with E-state index in [1.165, 1.54) is 5.57 Å². The molecule has 0 saturated heterocycles. The van der Waals surface area contributed by atoms with Crippen molar-refractivity contribution in [1.82, 2.24) is 4.57 Å². The van der Waals surface area contributed by atoms with E-state index in [2.05, 4.69) is 18.2 Å². The minimum atomic E-state index is -0.187. The molecule has 0 bridgehead atoms. The SMILES string of the molecule is OCc1c(-c2ccc(Cl)c(Cl)c2)c2c(n1CO)=C1CC=CC=C1C=2. The van der Waals surface area contributed by atoms with Crippen molar-refractivity contribution in [3.8, 4) is 11.1 Å². The molecule has 0 unspecified atom stereocenters. The van der Waals surface area contributed by atoms with E-state index >= 15 is 0 Å². The van der Waals surface area contributed by atoms with Gasteiger partial charge in [-0.3, -0.25) is 0 Å². The van der Waals surface area contributed by atoms with Gasteiger partial charge in [0, 0.05) is 10.8 Å². The molecule has 24 heavy (non-hydrogen) atoms. The van der Waals surface area contributed by atoms with Gasteiger partial charge in [-0.05, 0) is 41.3 Å². The number of fused-ring (bicyclic) bond motifs is 2. The van der Waals surface area contributed by atoms with Crippen molar-refractivity contribution in [2.75, 3.05) is 0 Å². The Bertz CT molecular complexity index is 1030. The molecule has 0 spiro atoms. The maximum Gasteiger partial charge on any atom is 0.120 e. The molecule has 1 aromatic carbocycles. The van der Waals surface area contributed by atoms with E-state index in [1.54, 1.807) is 16.7 Å². The number of aliphatic hydroxyl groups excluding tert-OH is 2. The van der Waals surface area contributed by atoms with Crippen LogP contribution in [-0.2, 0) is 13.3 Å². The van der Waals surface area contributed by atoms with Crippen LogP contribution >= 0.6 is 23.2 Å². The Morgan fingerprint density at radius 3 is 2.67 bits per heavy atom. The average Bonchev–Trinajstić information content (AvgIpc) is 3.10. The second-order valence-electron chi connectivity index (χ2n) is 5.82. The molecule has 0 atom stereocenters. The molecule has 1 aromatic heterocycles.